The number of phenolic OH excluding ortho intramolecular Hbond substituents is 1. The molecule has 0 bridgehead atoms. The predicted octanol–water partition coefficient (Wildman–Crippen LogP) is 2.80. The molecule has 0 radical (unpaired) electrons. The molecule has 0 aliphatic rings. The van der Waals surface area contributed by atoms with Crippen LogP contribution < -0.4 is 0 Å². The molecule has 0 saturated carbocycles. The molecule has 7 nitrogen and oxygen atoms in total. The number of benzene rings is 2. The number of phenols is 1. The van der Waals surface area contributed by atoms with E-state index in [0.717, 1.165) is 11.6 Å². The van der Waals surface area contributed by atoms with Crippen molar-refractivity contribution in [2.75, 3.05) is 0 Å². The number of aromatic hydroxyl groups is 1. The fourth-order valence-corrected chi connectivity index (χ4v) is 1.77. The molecule has 0 saturated heterocycles. The van der Waals surface area contributed by atoms with Crippen LogP contribution >= 0.6 is 0 Å². The van der Waals surface area contributed by atoms with Crippen LogP contribution in [0.4, 0.5) is 11.4 Å². The van der Waals surface area contributed by atoms with Crippen molar-refractivity contribution >= 4 is 11.4 Å². The van der Waals surface area contributed by atoms with Crippen molar-refractivity contribution in [1.82, 2.24) is 0 Å². The van der Waals surface area contributed by atoms with E-state index in [2.05, 4.69) is 0 Å². The molecule has 2 aromatic carbocycles. The summed E-state index contributed by atoms with van der Waals surface area (Å²) < 4.78 is 0. The lowest BCUT2D eigenvalue weighted by molar-refractivity contribution is -0.385. The Kier molecular flexibility index (Phi) is 3.60. The highest BCUT2D eigenvalue weighted by Gasteiger charge is 2.11. The Labute approximate surface area is 113 Å². The number of hydrogen-bond acceptors (Lipinski definition) is 5. The summed E-state index contributed by atoms with van der Waals surface area (Å²) in [5.74, 6) is -0.169. The van der Waals surface area contributed by atoms with Crippen molar-refractivity contribution in [3.63, 3.8) is 0 Å². The first kappa shape index (κ1) is 13.5. The van der Waals surface area contributed by atoms with Crippen LogP contribution in [0.15, 0.2) is 42.5 Å². The second-order valence-electron chi connectivity index (χ2n) is 4.17. The van der Waals surface area contributed by atoms with E-state index in [-0.39, 0.29) is 17.1 Å². The van der Waals surface area contributed by atoms with Crippen LogP contribution in [0.5, 0.6) is 5.75 Å². The molecular weight excluding hydrogens is 264 g/mol. The first-order valence-corrected chi connectivity index (χ1v) is 5.67. The summed E-state index contributed by atoms with van der Waals surface area (Å²) in [6.45, 7) is 0. The molecule has 0 spiro atoms. The molecule has 1 N–H and O–H groups in total. The normalized spacial score (nSPS) is 10.2. The Morgan fingerprint density at radius 1 is 0.900 bits per heavy atom. The van der Waals surface area contributed by atoms with Gasteiger partial charge in [0.05, 0.1) is 15.9 Å². The van der Waals surface area contributed by atoms with E-state index in [1.807, 2.05) is 0 Å². The number of hydrogen-bond donors (Lipinski definition) is 1. The van der Waals surface area contributed by atoms with Crippen LogP contribution in [-0.2, 0) is 6.42 Å². The number of rotatable bonds is 4. The maximum Gasteiger partial charge on any atom is 0.273 e. The molecule has 0 fully saturated rings. The molecule has 0 atom stereocenters. The first-order chi connectivity index (χ1) is 9.47. The monoisotopic (exact) mass is 274 g/mol. The molecule has 0 aromatic heterocycles. The largest absolute Gasteiger partial charge is 0.507 e. The smallest absolute Gasteiger partial charge is 0.273 e. The minimum atomic E-state index is -0.588. The van der Waals surface area contributed by atoms with Gasteiger partial charge in [0.1, 0.15) is 5.75 Å². The highest BCUT2D eigenvalue weighted by Crippen LogP contribution is 2.26. The second kappa shape index (κ2) is 5.35. The molecular formula is C13H10N2O5. The van der Waals surface area contributed by atoms with E-state index in [4.69, 9.17) is 0 Å². The zero-order valence-corrected chi connectivity index (χ0v) is 10.2. The number of nitrogens with zero attached hydrogens (tertiary/aromatic N) is 2. The molecule has 0 aliphatic heterocycles. The van der Waals surface area contributed by atoms with Crippen molar-refractivity contribution < 1.29 is 15.0 Å². The molecule has 2 aromatic rings. The van der Waals surface area contributed by atoms with Gasteiger partial charge in [-0.25, -0.2) is 0 Å². The summed E-state index contributed by atoms with van der Waals surface area (Å²) in [5.41, 5.74) is 1.08. The Morgan fingerprint density at radius 2 is 1.45 bits per heavy atom. The minimum absolute atomic E-state index is 0.0123. The Hall–Kier alpha value is -2.96. The van der Waals surface area contributed by atoms with Crippen molar-refractivity contribution in [3.8, 4) is 5.75 Å². The van der Waals surface area contributed by atoms with Crippen LogP contribution in [0.2, 0.25) is 0 Å². The number of nitro benzene ring substituents is 2. The van der Waals surface area contributed by atoms with E-state index in [9.17, 15) is 25.3 Å². The number of non-ortho nitro benzene ring substituents is 2. The standard InChI is InChI=1S/C13H10N2O5/c16-13-8-12(15(19)20)6-3-10(13)7-9-1-4-11(5-2-9)14(17)18/h1-6,8,16H,7H2. The average Bonchev–Trinajstić information content (AvgIpc) is 2.41. The van der Waals surface area contributed by atoms with Gasteiger partial charge >= 0.3 is 0 Å². The molecule has 7 heteroatoms. The van der Waals surface area contributed by atoms with Crippen LogP contribution in [0.3, 0.4) is 0 Å². The zero-order chi connectivity index (χ0) is 14.7. The summed E-state index contributed by atoms with van der Waals surface area (Å²) in [6.07, 6.45) is 0.335. The summed E-state index contributed by atoms with van der Waals surface area (Å²) in [7, 11) is 0. The van der Waals surface area contributed by atoms with Gasteiger partial charge in [0.25, 0.3) is 11.4 Å². The third-order valence-electron chi connectivity index (χ3n) is 2.82. The summed E-state index contributed by atoms with van der Waals surface area (Å²) in [4.78, 5) is 20.0. The van der Waals surface area contributed by atoms with Crippen molar-refractivity contribution in [1.29, 1.82) is 0 Å². The van der Waals surface area contributed by atoms with E-state index in [1.165, 1.54) is 24.3 Å². The van der Waals surface area contributed by atoms with Crippen LogP contribution in [0, 0.1) is 20.2 Å². The van der Waals surface area contributed by atoms with E-state index in [1.54, 1.807) is 12.1 Å². The van der Waals surface area contributed by atoms with Crippen molar-refractivity contribution in [3.05, 3.63) is 73.8 Å². The maximum atomic E-state index is 10.6. The van der Waals surface area contributed by atoms with Gasteiger partial charge in [0.2, 0.25) is 0 Å². The zero-order valence-electron chi connectivity index (χ0n) is 10.2. The molecule has 0 unspecified atom stereocenters. The van der Waals surface area contributed by atoms with Gasteiger partial charge in [-0.3, -0.25) is 20.2 Å². The van der Waals surface area contributed by atoms with Gasteiger partial charge in [-0.15, -0.1) is 0 Å². The second-order valence-corrected chi connectivity index (χ2v) is 4.17. The predicted molar refractivity (Wildman–Crippen MR) is 70.7 cm³/mol. The molecule has 0 heterocycles. The topological polar surface area (TPSA) is 107 Å². The van der Waals surface area contributed by atoms with Gasteiger partial charge in [0.15, 0.2) is 0 Å². The van der Waals surface area contributed by atoms with E-state index >= 15 is 0 Å². The van der Waals surface area contributed by atoms with Gasteiger partial charge in [-0.05, 0) is 17.2 Å². The lowest BCUT2D eigenvalue weighted by Crippen LogP contribution is -1.93. The van der Waals surface area contributed by atoms with Gasteiger partial charge < -0.3 is 5.11 Å². The average molecular weight is 274 g/mol. The third-order valence-corrected chi connectivity index (χ3v) is 2.82. The van der Waals surface area contributed by atoms with E-state index < -0.39 is 9.85 Å². The van der Waals surface area contributed by atoms with Crippen LogP contribution in [0.1, 0.15) is 11.1 Å². The summed E-state index contributed by atoms with van der Waals surface area (Å²) in [6, 6.07) is 9.77. The Morgan fingerprint density at radius 3 is 1.95 bits per heavy atom. The number of nitro groups is 2. The van der Waals surface area contributed by atoms with Crippen molar-refractivity contribution in [2.45, 2.75) is 6.42 Å². The fourth-order valence-electron chi connectivity index (χ4n) is 1.77. The Balaban J connectivity index is 2.21. The van der Waals surface area contributed by atoms with Crippen molar-refractivity contribution in [2.24, 2.45) is 0 Å². The summed E-state index contributed by atoms with van der Waals surface area (Å²) >= 11 is 0. The molecule has 2 rings (SSSR count). The third kappa shape index (κ3) is 2.89. The quantitative estimate of drug-likeness (QED) is 0.681. The molecule has 20 heavy (non-hydrogen) atoms. The lowest BCUT2D eigenvalue weighted by atomic mass is 10.0. The van der Waals surface area contributed by atoms with E-state index in [0.29, 0.717) is 12.0 Å². The minimum Gasteiger partial charge on any atom is -0.507 e. The highest BCUT2D eigenvalue weighted by molar-refractivity contribution is 5.46. The first-order valence-electron chi connectivity index (χ1n) is 5.67. The molecule has 102 valence electrons. The SMILES string of the molecule is O=[N+]([O-])c1ccc(Cc2ccc([N+](=O)[O-])cc2O)cc1. The van der Waals surface area contributed by atoms with Crippen LogP contribution in [-0.4, -0.2) is 15.0 Å². The van der Waals surface area contributed by atoms with Gasteiger partial charge in [0, 0.05) is 24.6 Å². The maximum absolute atomic E-state index is 10.6. The molecule has 0 aliphatic carbocycles. The van der Waals surface area contributed by atoms with Gasteiger partial charge in [-0.1, -0.05) is 12.1 Å². The fraction of sp³-hybridized carbons (Fsp3) is 0.0769. The lowest BCUT2D eigenvalue weighted by Gasteiger charge is -2.04. The summed E-state index contributed by atoms with van der Waals surface area (Å²) in [5, 5.41) is 30.8. The van der Waals surface area contributed by atoms with Gasteiger partial charge in [-0.2, -0.15) is 0 Å². The Bertz CT molecular complexity index is 667. The highest BCUT2D eigenvalue weighted by atomic mass is 16.6. The van der Waals surface area contributed by atoms with Crippen LogP contribution in [0.25, 0.3) is 0 Å². The molecule has 0 amide bonds.